The Kier molecular flexibility index (Phi) is 5.56. The summed E-state index contributed by atoms with van der Waals surface area (Å²) in [5, 5.41) is 0. The van der Waals surface area contributed by atoms with E-state index >= 15 is 0 Å². The lowest BCUT2D eigenvalue weighted by Crippen LogP contribution is -2.48. The highest BCUT2D eigenvalue weighted by Crippen LogP contribution is 2.27. The number of hydrogen-bond acceptors (Lipinski definition) is 3. The summed E-state index contributed by atoms with van der Waals surface area (Å²) in [6.07, 6.45) is 3.72. The monoisotopic (exact) mass is 276 g/mol. The molecule has 110 valence electrons. The molecule has 1 atom stereocenters. The Morgan fingerprint density at radius 2 is 2.10 bits per heavy atom. The van der Waals surface area contributed by atoms with Crippen molar-refractivity contribution < 1.29 is 9.53 Å². The number of nitrogens with two attached hydrogens (primary N) is 1. The molecular formula is C16H24N2O2. The van der Waals surface area contributed by atoms with E-state index in [-0.39, 0.29) is 12.5 Å². The first-order valence-electron chi connectivity index (χ1n) is 7.28. The fourth-order valence-electron chi connectivity index (χ4n) is 2.51. The predicted molar refractivity (Wildman–Crippen MR) is 79.1 cm³/mol. The van der Waals surface area contributed by atoms with Gasteiger partial charge in [0.25, 0.3) is 0 Å². The number of hydrogen-bond donors (Lipinski definition) is 1. The zero-order valence-electron chi connectivity index (χ0n) is 12.1. The third-order valence-electron chi connectivity index (χ3n) is 3.89. The van der Waals surface area contributed by atoms with Crippen LogP contribution in [0.5, 0.6) is 0 Å². The molecule has 1 unspecified atom stereocenters. The molecule has 1 saturated carbocycles. The normalized spacial score (nSPS) is 16.5. The van der Waals surface area contributed by atoms with Crippen LogP contribution in [0.1, 0.15) is 24.8 Å². The second kappa shape index (κ2) is 7.41. The molecule has 0 bridgehead atoms. The van der Waals surface area contributed by atoms with Gasteiger partial charge in [-0.2, -0.15) is 0 Å². The quantitative estimate of drug-likeness (QED) is 0.826. The van der Waals surface area contributed by atoms with Crippen molar-refractivity contribution in [3.8, 4) is 0 Å². The van der Waals surface area contributed by atoms with Crippen LogP contribution >= 0.6 is 0 Å². The van der Waals surface area contributed by atoms with Gasteiger partial charge in [0.15, 0.2) is 0 Å². The van der Waals surface area contributed by atoms with Crippen LogP contribution in [0.15, 0.2) is 30.3 Å². The van der Waals surface area contributed by atoms with Gasteiger partial charge in [-0.25, -0.2) is 0 Å². The zero-order chi connectivity index (χ0) is 14.4. The number of methoxy groups -OCH3 is 1. The van der Waals surface area contributed by atoms with Crippen molar-refractivity contribution in [2.45, 2.75) is 31.8 Å². The maximum atomic E-state index is 12.4. The average Bonchev–Trinajstić information content (AvgIpc) is 2.42. The smallest absolute Gasteiger partial charge is 0.242 e. The van der Waals surface area contributed by atoms with E-state index in [0.717, 1.165) is 12.1 Å². The van der Waals surface area contributed by atoms with Crippen LogP contribution in [0, 0.1) is 5.92 Å². The molecule has 1 aromatic rings. The standard InChI is InChI=1S/C16H24N2O2/c1-20-12-15(17)16(19)18(11-14-8-5-9-14)10-13-6-3-2-4-7-13/h2-4,6-7,14-15H,5,8-12,17H2,1H3. The van der Waals surface area contributed by atoms with Crippen molar-refractivity contribution in [2.75, 3.05) is 20.3 Å². The van der Waals surface area contributed by atoms with Gasteiger partial charge in [0, 0.05) is 20.2 Å². The van der Waals surface area contributed by atoms with E-state index in [4.69, 9.17) is 10.5 Å². The van der Waals surface area contributed by atoms with Crippen LogP contribution in [0.3, 0.4) is 0 Å². The summed E-state index contributed by atoms with van der Waals surface area (Å²) in [5.74, 6) is 0.625. The summed E-state index contributed by atoms with van der Waals surface area (Å²) in [5.41, 5.74) is 7.04. The van der Waals surface area contributed by atoms with Crippen LogP contribution < -0.4 is 5.73 Å². The predicted octanol–water partition coefficient (Wildman–Crippen LogP) is 1.79. The summed E-state index contributed by atoms with van der Waals surface area (Å²) >= 11 is 0. The van der Waals surface area contributed by atoms with E-state index in [9.17, 15) is 4.79 Å². The Morgan fingerprint density at radius 1 is 1.40 bits per heavy atom. The lowest BCUT2D eigenvalue weighted by Gasteiger charge is -2.33. The third kappa shape index (κ3) is 4.05. The molecule has 1 amide bonds. The van der Waals surface area contributed by atoms with Crippen molar-refractivity contribution in [2.24, 2.45) is 11.7 Å². The first-order valence-corrected chi connectivity index (χ1v) is 7.28. The van der Waals surface area contributed by atoms with Gasteiger partial charge in [0.2, 0.25) is 5.91 Å². The van der Waals surface area contributed by atoms with Gasteiger partial charge < -0.3 is 15.4 Å². The number of rotatable bonds is 7. The molecule has 0 aliphatic heterocycles. The molecule has 20 heavy (non-hydrogen) atoms. The molecular weight excluding hydrogens is 252 g/mol. The first-order chi connectivity index (χ1) is 9.70. The van der Waals surface area contributed by atoms with Crippen molar-refractivity contribution in [3.05, 3.63) is 35.9 Å². The summed E-state index contributed by atoms with van der Waals surface area (Å²) in [7, 11) is 1.57. The lowest BCUT2D eigenvalue weighted by atomic mass is 9.85. The van der Waals surface area contributed by atoms with Gasteiger partial charge >= 0.3 is 0 Å². The zero-order valence-corrected chi connectivity index (χ0v) is 12.1. The van der Waals surface area contributed by atoms with Crippen LogP contribution in [0.25, 0.3) is 0 Å². The largest absolute Gasteiger partial charge is 0.383 e. The number of benzene rings is 1. The molecule has 4 nitrogen and oxygen atoms in total. The maximum Gasteiger partial charge on any atom is 0.242 e. The molecule has 1 fully saturated rings. The summed E-state index contributed by atoms with van der Waals surface area (Å²) < 4.78 is 5.00. The number of carbonyl (C=O) groups is 1. The van der Waals surface area contributed by atoms with Gasteiger partial charge in [-0.05, 0) is 24.3 Å². The number of amides is 1. The highest BCUT2D eigenvalue weighted by atomic mass is 16.5. The molecule has 0 spiro atoms. The Balaban J connectivity index is 2.01. The van der Waals surface area contributed by atoms with E-state index in [1.807, 2.05) is 35.2 Å². The molecule has 0 aromatic heterocycles. The average molecular weight is 276 g/mol. The first kappa shape index (κ1) is 15.0. The van der Waals surface area contributed by atoms with E-state index < -0.39 is 6.04 Å². The Hall–Kier alpha value is -1.39. The SMILES string of the molecule is COCC(N)C(=O)N(Cc1ccccc1)CC1CCC1. The molecule has 2 rings (SSSR count). The number of nitrogens with zero attached hydrogens (tertiary/aromatic N) is 1. The van der Waals surface area contributed by atoms with Crippen molar-refractivity contribution >= 4 is 5.91 Å². The van der Waals surface area contributed by atoms with E-state index in [2.05, 4.69) is 0 Å². The van der Waals surface area contributed by atoms with Gasteiger partial charge in [0.05, 0.1) is 6.61 Å². The molecule has 0 radical (unpaired) electrons. The van der Waals surface area contributed by atoms with Crippen LogP contribution in [0.2, 0.25) is 0 Å². The minimum absolute atomic E-state index is 0.0115. The molecule has 0 saturated heterocycles. The highest BCUT2D eigenvalue weighted by Gasteiger charge is 2.26. The van der Waals surface area contributed by atoms with Crippen molar-refractivity contribution in [1.82, 2.24) is 4.90 Å². The Labute approximate surface area is 120 Å². The highest BCUT2D eigenvalue weighted by molar-refractivity contribution is 5.81. The maximum absolute atomic E-state index is 12.4. The Bertz CT molecular complexity index is 418. The van der Waals surface area contributed by atoms with Crippen LogP contribution in [0.4, 0.5) is 0 Å². The van der Waals surface area contributed by atoms with Gasteiger partial charge in [0.1, 0.15) is 6.04 Å². The minimum atomic E-state index is -0.566. The summed E-state index contributed by atoms with van der Waals surface area (Å²) in [4.78, 5) is 14.3. The van der Waals surface area contributed by atoms with Gasteiger partial charge in [-0.3, -0.25) is 4.79 Å². The molecule has 1 aliphatic rings. The summed E-state index contributed by atoms with van der Waals surface area (Å²) in [6, 6.07) is 9.50. The van der Waals surface area contributed by atoms with Gasteiger partial charge in [-0.1, -0.05) is 36.8 Å². The van der Waals surface area contributed by atoms with Crippen molar-refractivity contribution in [1.29, 1.82) is 0 Å². The number of ether oxygens (including phenoxy) is 1. The summed E-state index contributed by atoms with van der Waals surface area (Å²) in [6.45, 7) is 1.72. The second-order valence-electron chi connectivity index (χ2n) is 5.56. The topological polar surface area (TPSA) is 55.6 Å². The number of carbonyl (C=O) groups excluding carboxylic acids is 1. The molecule has 0 heterocycles. The van der Waals surface area contributed by atoms with Crippen LogP contribution in [-0.4, -0.2) is 37.1 Å². The fourth-order valence-corrected chi connectivity index (χ4v) is 2.51. The molecule has 4 heteroatoms. The lowest BCUT2D eigenvalue weighted by molar-refractivity contribution is -0.135. The van der Waals surface area contributed by atoms with Crippen molar-refractivity contribution in [3.63, 3.8) is 0 Å². The fraction of sp³-hybridized carbons (Fsp3) is 0.562. The molecule has 2 N–H and O–H groups in total. The van der Waals surface area contributed by atoms with Gasteiger partial charge in [-0.15, -0.1) is 0 Å². The Morgan fingerprint density at radius 3 is 2.65 bits per heavy atom. The van der Waals surface area contributed by atoms with E-state index in [0.29, 0.717) is 12.5 Å². The van der Waals surface area contributed by atoms with E-state index in [1.54, 1.807) is 7.11 Å². The minimum Gasteiger partial charge on any atom is -0.383 e. The molecule has 1 aliphatic carbocycles. The van der Waals surface area contributed by atoms with Crippen LogP contribution in [-0.2, 0) is 16.1 Å². The molecule has 1 aromatic carbocycles. The third-order valence-corrected chi connectivity index (χ3v) is 3.89. The van der Waals surface area contributed by atoms with E-state index in [1.165, 1.54) is 19.3 Å². The second-order valence-corrected chi connectivity index (χ2v) is 5.56.